The van der Waals surface area contributed by atoms with Crippen LogP contribution >= 0.6 is 0 Å². The van der Waals surface area contributed by atoms with Gasteiger partial charge in [-0.3, -0.25) is 14.4 Å². The van der Waals surface area contributed by atoms with Crippen molar-refractivity contribution in [1.82, 2.24) is 0 Å². The Bertz CT molecular complexity index is 591. The molecule has 1 aliphatic heterocycles. The number of ketones is 2. The van der Waals surface area contributed by atoms with Crippen LogP contribution in [0.1, 0.15) is 67.2 Å². The molecule has 0 bridgehead atoms. The summed E-state index contributed by atoms with van der Waals surface area (Å²) in [6.07, 6.45) is 0.356. The Balaban J connectivity index is 3.18. The average molecular weight is 382 g/mol. The Morgan fingerprint density at radius 3 is 2.37 bits per heavy atom. The zero-order valence-corrected chi connectivity index (χ0v) is 17.3. The summed E-state index contributed by atoms with van der Waals surface area (Å²) < 4.78 is 5.24. The molecule has 0 saturated carbocycles. The van der Waals surface area contributed by atoms with Gasteiger partial charge in [-0.2, -0.15) is 0 Å². The molecule has 6 nitrogen and oxygen atoms in total. The minimum Gasteiger partial charge on any atom is -0.450 e. The zero-order valence-electron chi connectivity index (χ0n) is 17.3. The number of Topliss-reactive ketones (excluding diaryl/α,β-unsaturated/α-hetero) is 2. The summed E-state index contributed by atoms with van der Waals surface area (Å²) in [6.45, 7) is 9.90. The van der Waals surface area contributed by atoms with E-state index in [-0.39, 0.29) is 17.5 Å². The van der Waals surface area contributed by atoms with Crippen LogP contribution in [-0.4, -0.2) is 46.1 Å². The molecular weight excluding hydrogens is 348 g/mol. The van der Waals surface area contributed by atoms with Gasteiger partial charge in [-0.1, -0.05) is 33.3 Å². The molecule has 154 valence electrons. The van der Waals surface area contributed by atoms with E-state index < -0.39 is 42.0 Å². The summed E-state index contributed by atoms with van der Waals surface area (Å²) in [6, 6.07) is 0. The molecule has 0 aromatic carbocycles. The van der Waals surface area contributed by atoms with Crippen LogP contribution in [0.2, 0.25) is 0 Å². The summed E-state index contributed by atoms with van der Waals surface area (Å²) in [5.41, 5.74) is -0.305. The van der Waals surface area contributed by atoms with Gasteiger partial charge in [0, 0.05) is 5.92 Å². The lowest BCUT2D eigenvalue weighted by atomic mass is 9.73. The first-order chi connectivity index (χ1) is 12.4. The number of ether oxygens (including phenoxy) is 1. The van der Waals surface area contributed by atoms with Gasteiger partial charge in [0.15, 0.2) is 11.9 Å². The lowest BCUT2D eigenvalue weighted by molar-refractivity contribution is -0.157. The van der Waals surface area contributed by atoms with Crippen LogP contribution < -0.4 is 0 Å². The maximum Gasteiger partial charge on any atom is 0.309 e. The molecule has 0 saturated heterocycles. The van der Waals surface area contributed by atoms with Crippen LogP contribution in [0.5, 0.6) is 0 Å². The predicted octanol–water partition coefficient (Wildman–Crippen LogP) is 2.60. The first-order valence-electron chi connectivity index (χ1n) is 9.65. The Morgan fingerprint density at radius 2 is 1.81 bits per heavy atom. The maximum atomic E-state index is 12.9. The minimum absolute atomic E-state index is 0.0868. The van der Waals surface area contributed by atoms with E-state index in [2.05, 4.69) is 0 Å². The van der Waals surface area contributed by atoms with Crippen molar-refractivity contribution in [1.29, 1.82) is 0 Å². The largest absolute Gasteiger partial charge is 0.450 e. The molecule has 0 aromatic heterocycles. The summed E-state index contributed by atoms with van der Waals surface area (Å²) in [7, 11) is 0. The quantitative estimate of drug-likeness (QED) is 0.534. The summed E-state index contributed by atoms with van der Waals surface area (Å²) >= 11 is 0. The fourth-order valence-electron chi connectivity index (χ4n) is 3.45. The van der Waals surface area contributed by atoms with Crippen LogP contribution in [0.15, 0.2) is 11.6 Å². The molecule has 1 rings (SSSR count). The van der Waals surface area contributed by atoms with Crippen LogP contribution in [0.3, 0.4) is 0 Å². The predicted molar refractivity (Wildman–Crippen MR) is 102 cm³/mol. The fourth-order valence-corrected chi connectivity index (χ4v) is 3.45. The van der Waals surface area contributed by atoms with Gasteiger partial charge in [0.1, 0.15) is 5.78 Å². The number of aliphatic hydroxyl groups excluding tert-OH is 2. The highest BCUT2D eigenvalue weighted by molar-refractivity contribution is 5.88. The van der Waals surface area contributed by atoms with Gasteiger partial charge in [-0.15, -0.1) is 0 Å². The highest BCUT2D eigenvalue weighted by atomic mass is 16.5. The Kier molecular flexibility index (Phi) is 8.36. The van der Waals surface area contributed by atoms with E-state index >= 15 is 0 Å². The lowest BCUT2D eigenvalue weighted by Gasteiger charge is -2.34. The molecule has 27 heavy (non-hydrogen) atoms. The number of hydrogen-bond donors (Lipinski definition) is 2. The number of allylic oxidation sites excluding steroid dienone is 1. The third-order valence-electron chi connectivity index (χ3n) is 5.66. The zero-order chi connectivity index (χ0) is 20.9. The van der Waals surface area contributed by atoms with Crippen molar-refractivity contribution >= 4 is 17.5 Å². The topological polar surface area (TPSA) is 101 Å². The molecule has 5 unspecified atom stereocenters. The van der Waals surface area contributed by atoms with Crippen LogP contribution in [0.4, 0.5) is 0 Å². The van der Waals surface area contributed by atoms with Crippen LogP contribution in [-0.2, 0) is 19.1 Å². The molecule has 0 fully saturated rings. The molecule has 0 aromatic rings. The number of rotatable bonds is 1. The van der Waals surface area contributed by atoms with E-state index in [0.29, 0.717) is 6.42 Å². The van der Waals surface area contributed by atoms with Crippen molar-refractivity contribution in [3.63, 3.8) is 0 Å². The molecule has 0 spiro atoms. The van der Waals surface area contributed by atoms with Gasteiger partial charge in [0.2, 0.25) is 0 Å². The van der Waals surface area contributed by atoms with Gasteiger partial charge in [0.05, 0.1) is 24.0 Å². The Labute approximate surface area is 162 Å². The Hall–Kier alpha value is -1.53. The van der Waals surface area contributed by atoms with Crippen molar-refractivity contribution in [3.05, 3.63) is 11.6 Å². The van der Waals surface area contributed by atoms with Gasteiger partial charge in [-0.25, -0.2) is 0 Å². The molecule has 5 atom stereocenters. The summed E-state index contributed by atoms with van der Waals surface area (Å²) in [5.74, 6) is -2.07. The van der Waals surface area contributed by atoms with E-state index in [0.717, 1.165) is 18.4 Å². The molecule has 1 aliphatic rings. The van der Waals surface area contributed by atoms with E-state index in [1.165, 1.54) is 6.92 Å². The smallest absolute Gasteiger partial charge is 0.309 e. The minimum atomic E-state index is -1.27. The van der Waals surface area contributed by atoms with E-state index in [9.17, 15) is 24.6 Å². The SMILES string of the molecule is CC(=O)C1/C=C(/C)CCCC(C)C(O)C(C)C(=O)C(C)(C)C(O)CC(=O)O1. The Morgan fingerprint density at radius 1 is 1.22 bits per heavy atom. The summed E-state index contributed by atoms with van der Waals surface area (Å²) in [4.78, 5) is 36.9. The molecular formula is C21H34O6. The van der Waals surface area contributed by atoms with E-state index in [1.54, 1.807) is 26.8 Å². The third kappa shape index (κ3) is 6.25. The summed E-state index contributed by atoms with van der Waals surface area (Å²) in [5, 5.41) is 21.1. The van der Waals surface area contributed by atoms with Gasteiger partial charge in [0.25, 0.3) is 0 Å². The van der Waals surface area contributed by atoms with Crippen molar-refractivity contribution in [2.75, 3.05) is 0 Å². The van der Waals surface area contributed by atoms with Crippen LogP contribution in [0.25, 0.3) is 0 Å². The highest BCUT2D eigenvalue weighted by Crippen LogP contribution is 2.32. The average Bonchev–Trinajstić information content (AvgIpc) is 2.57. The number of carbonyl (C=O) groups excluding carboxylic acids is 3. The molecule has 2 N–H and O–H groups in total. The van der Waals surface area contributed by atoms with Crippen molar-refractivity contribution in [2.45, 2.75) is 85.5 Å². The maximum absolute atomic E-state index is 12.9. The number of esters is 1. The lowest BCUT2D eigenvalue weighted by Crippen LogP contribution is -2.45. The molecule has 6 heteroatoms. The second kappa shape index (κ2) is 9.60. The third-order valence-corrected chi connectivity index (χ3v) is 5.66. The molecule has 0 radical (unpaired) electrons. The highest BCUT2D eigenvalue weighted by Gasteiger charge is 2.42. The first kappa shape index (κ1) is 23.5. The van der Waals surface area contributed by atoms with Gasteiger partial charge in [-0.05, 0) is 45.1 Å². The van der Waals surface area contributed by atoms with Crippen LogP contribution in [0, 0.1) is 17.3 Å². The number of cyclic esters (lactones) is 1. The van der Waals surface area contributed by atoms with Crippen molar-refractivity contribution in [3.8, 4) is 0 Å². The monoisotopic (exact) mass is 382 g/mol. The number of aliphatic hydroxyl groups is 2. The molecule has 0 aliphatic carbocycles. The van der Waals surface area contributed by atoms with Gasteiger partial charge >= 0.3 is 5.97 Å². The second-order valence-electron chi connectivity index (χ2n) is 8.49. The number of hydrogen-bond acceptors (Lipinski definition) is 6. The molecule has 0 amide bonds. The van der Waals surface area contributed by atoms with Crippen molar-refractivity contribution in [2.24, 2.45) is 17.3 Å². The molecule has 1 heterocycles. The number of carbonyl (C=O) groups is 3. The second-order valence-corrected chi connectivity index (χ2v) is 8.49. The van der Waals surface area contributed by atoms with Gasteiger partial charge < -0.3 is 14.9 Å². The fraction of sp³-hybridized carbons (Fsp3) is 0.762. The normalized spacial score (nSPS) is 36.0. The van der Waals surface area contributed by atoms with E-state index in [4.69, 9.17) is 4.74 Å². The standard InChI is InChI=1S/C21H34O6/c1-12-8-7-9-13(2)19(25)14(3)20(26)21(5,6)17(23)11-18(24)27-16(10-12)15(4)22/h10,13-14,16-17,19,23,25H,7-9,11H2,1-6H3/b12-10-. The van der Waals surface area contributed by atoms with E-state index in [1.807, 2.05) is 13.8 Å². The van der Waals surface area contributed by atoms with Crippen molar-refractivity contribution < 1.29 is 29.3 Å². The first-order valence-corrected chi connectivity index (χ1v) is 9.65.